The normalized spacial score (nSPS) is 12.0. The second-order valence-electron chi connectivity index (χ2n) is 11.7. The van der Waals surface area contributed by atoms with Gasteiger partial charge in [-0.05, 0) is 47.5 Å². The summed E-state index contributed by atoms with van der Waals surface area (Å²) < 4.78 is 0. The summed E-state index contributed by atoms with van der Waals surface area (Å²) in [5.41, 5.74) is 6.73. The van der Waals surface area contributed by atoms with E-state index in [0.717, 1.165) is 44.3 Å². The van der Waals surface area contributed by atoms with E-state index in [0.29, 0.717) is 11.1 Å². The number of rotatable bonds is 10. The minimum atomic E-state index is -0.482. The van der Waals surface area contributed by atoms with Gasteiger partial charge in [0.25, 0.3) is 0 Å². The van der Waals surface area contributed by atoms with Crippen LogP contribution in [-0.4, -0.2) is 31.5 Å². The molecule has 8 aromatic rings. The molecule has 0 amide bonds. The number of anilines is 2. The molecule has 0 radical (unpaired) electrons. The molecule has 2 atom stereocenters. The van der Waals surface area contributed by atoms with Crippen molar-refractivity contribution in [1.82, 2.24) is 19.9 Å². The number of nitrogens with zero attached hydrogens (tertiary/aromatic N) is 2. The molecule has 2 unspecified atom stereocenters. The highest BCUT2D eigenvalue weighted by Gasteiger charge is 2.25. The van der Waals surface area contributed by atoms with Gasteiger partial charge in [0.2, 0.25) is 0 Å². The third-order valence-corrected chi connectivity index (χ3v) is 8.44. The number of carbonyl (C=O) groups is 2. The quantitative estimate of drug-likeness (QED) is 0.109. The van der Waals surface area contributed by atoms with Crippen molar-refractivity contribution in [2.24, 2.45) is 0 Å². The molecule has 0 saturated heterocycles. The lowest BCUT2D eigenvalue weighted by atomic mass is 9.97. The highest BCUT2D eigenvalue weighted by molar-refractivity contribution is 6.12. The molecule has 8 rings (SSSR count). The summed E-state index contributed by atoms with van der Waals surface area (Å²) >= 11 is 0. The van der Waals surface area contributed by atoms with Crippen LogP contribution in [-0.2, 0) is 0 Å². The van der Waals surface area contributed by atoms with Crippen molar-refractivity contribution in [1.29, 1.82) is 0 Å². The fourth-order valence-corrected chi connectivity index (χ4v) is 5.98. The Morgan fingerprint density at radius 1 is 0.480 bits per heavy atom. The van der Waals surface area contributed by atoms with E-state index in [-0.39, 0.29) is 11.6 Å². The van der Waals surface area contributed by atoms with Gasteiger partial charge in [0, 0.05) is 70.1 Å². The van der Waals surface area contributed by atoms with E-state index >= 15 is 0 Å². The molecule has 0 aliphatic heterocycles. The minimum absolute atomic E-state index is 0.0208. The first kappa shape index (κ1) is 31.8. The molecule has 0 saturated carbocycles. The molecule has 4 N–H and O–H groups in total. The van der Waals surface area contributed by atoms with Crippen molar-refractivity contribution in [2.75, 3.05) is 10.6 Å². The first-order valence-corrected chi connectivity index (χ1v) is 16.3. The Balaban J connectivity index is 0.000000157. The van der Waals surface area contributed by atoms with Crippen molar-refractivity contribution >= 4 is 44.7 Å². The van der Waals surface area contributed by atoms with Crippen molar-refractivity contribution in [3.8, 4) is 0 Å². The van der Waals surface area contributed by atoms with Crippen molar-refractivity contribution in [3.05, 3.63) is 193 Å². The van der Waals surface area contributed by atoms with Gasteiger partial charge in [-0.1, -0.05) is 97.1 Å². The lowest BCUT2D eigenvalue weighted by Gasteiger charge is -2.19. The maximum atomic E-state index is 13.3. The molecule has 0 spiro atoms. The van der Waals surface area contributed by atoms with Crippen LogP contribution in [0.2, 0.25) is 0 Å². The van der Waals surface area contributed by atoms with Crippen molar-refractivity contribution < 1.29 is 9.59 Å². The van der Waals surface area contributed by atoms with Gasteiger partial charge in [0.05, 0.1) is 11.4 Å². The number of carbonyl (C=O) groups excluding carboxylic acids is 2. The van der Waals surface area contributed by atoms with Gasteiger partial charge in [0.15, 0.2) is 11.6 Å². The number of aromatic nitrogens is 4. The molecular formula is C42H34N6O2. The first-order valence-electron chi connectivity index (χ1n) is 16.3. The Kier molecular flexibility index (Phi) is 9.51. The lowest BCUT2D eigenvalue weighted by Crippen LogP contribution is -2.21. The monoisotopic (exact) mass is 654 g/mol. The van der Waals surface area contributed by atoms with Crippen LogP contribution in [0, 0.1) is 0 Å². The minimum Gasteiger partial charge on any atom is -0.370 e. The summed E-state index contributed by atoms with van der Waals surface area (Å²) in [6, 6.07) is 41.7. The van der Waals surface area contributed by atoms with Crippen LogP contribution in [0.3, 0.4) is 0 Å². The van der Waals surface area contributed by atoms with Crippen LogP contribution in [0.25, 0.3) is 21.8 Å². The predicted octanol–water partition coefficient (Wildman–Crippen LogP) is 9.20. The third kappa shape index (κ3) is 7.05. The van der Waals surface area contributed by atoms with Crippen LogP contribution < -0.4 is 10.6 Å². The Labute approximate surface area is 289 Å². The summed E-state index contributed by atoms with van der Waals surface area (Å²) in [6.07, 6.45) is 10.4. The highest BCUT2D eigenvalue weighted by atomic mass is 16.1. The van der Waals surface area contributed by atoms with E-state index in [4.69, 9.17) is 0 Å². The molecule has 0 aliphatic carbocycles. The summed E-state index contributed by atoms with van der Waals surface area (Å²) in [7, 11) is 0. The van der Waals surface area contributed by atoms with E-state index in [1.165, 1.54) is 0 Å². The first-order chi connectivity index (χ1) is 24.7. The molecular weight excluding hydrogens is 621 g/mol. The number of benzene rings is 4. The van der Waals surface area contributed by atoms with Crippen LogP contribution in [0.1, 0.15) is 43.9 Å². The van der Waals surface area contributed by atoms with Gasteiger partial charge in [-0.2, -0.15) is 0 Å². The molecule has 8 heteroatoms. The number of fused-ring (bicyclic) bond motifs is 2. The average molecular weight is 655 g/mol. The summed E-state index contributed by atoms with van der Waals surface area (Å²) in [5.74, 6) is 0.0417. The number of para-hydroxylation sites is 2. The number of hydrogen-bond acceptors (Lipinski definition) is 6. The molecule has 0 fully saturated rings. The SMILES string of the molecule is O=C(c1c[nH]c2ccccc12)C(Nc1cccnc1)c1ccccc1.O=C(c1c[nH]c2ccccc12)C(Nc1cccnc1)c1ccccc1. The Bertz CT molecular complexity index is 2150. The van der Waals surface area contributed by atoms with Gasteiger partial charge in [0.1, 0.15) is 12.1 Å². The van der Waals surface area contributed by atoms with Gasteiger partial charge < -0.3 is 20.6 Å². The zero-order chi connectivity index (χ0) is 34.1. The number of hydrogen-bond donors (Lipinski definition) is 4. The molecule has 244 valence electrons. The number of ketones is 2. The van der Waals surface area contributed by atoms with Crippen molar-refractivity contribution in [2.45, 2.75) is 12.1 Å². The summed E-state index contributed by atoms with van der Waals surface area (Å²) in [6.45, 7) is 0. The van der Waals surface area contributed by atoms with Crippen LogP contribution >= 0.6 is 0 Å². The third-order valence-electron chi connectivity index (χ3n) is 8.44. The fourth-order valence-electron chi connectivity index (χ4n) is 5.98. The molecule has 0 aliphatic rings. The van der Waals surface area contributed by atoms with Crippen LogP contribution in [0.15, 0.2) is 171 Å². The molecule has 8 nitrogen and oxygen atoms in total. The second-order valence-corrected chi connectivity index (χ2v) is 11.7. The summed E-state index contributed by atoms with van der Waals surface area (Å²) in [4.78, 5) is 41.2. The summed E-state index contributed by atoms with van der Waals surface area (Å²) in [5, 5.41) is 8.51. The lowest BCUT2D eigenvalue weighted by molar-refractivity contribution is 0.0963. The largest absolute Gasteiger partial charge is 0.370 e. The van der Waals surface area contributed by atoms with Gasteiger partial charge in [-0.15, -0.1) is 0 Å². The van der Waals surface area contributed by atoms with E-state index in [1.54, 1.807) is 37.2 Å². The molecule has 4 heterocycles. The molecule has 4 aromatic heterocycles. The Morgan fingerprint density at radius 2 is 0.880 bits per heavy atom. The van der Waals surface area contributed by atoms with E-state index in [9.17, 15) is 9.59 Å². The zero-order valence-electron chi connectivity index (χ0n) is 27.0. The van der Waals surface area contributed by atoms with E-state index in [1.807, 2.05) is 133 Å². The van der Waals surface area contributed by atoms with Crippen LogP contribution in [0.5, 0.6) is 0 Å². The average Bonchev–Trinajstić information content (AvgIpc) is 3.82. The fraction of sp³-hybridized carbons (Fsp3) is 0.0476. The number of nitrogens with one attached hydrogen (secondary N) is 4. The smallest absolute Gasteiger partial charge is 0.191 e. The van der Waals surface area contributed by atoms with E-state index < -0.39 is 12.1 Å². The van der Waals surface area contributed by atoms with Gasteiger partial charge in [-0.25, -0.2) is 0 Å². The topological polar surface area (TPSA) is 116 Å². The Morgan fingerprint density at radius 3 is 1.28 bits per heavy atom. The number of pyridine rings is 2. The maximum Gasteiger partial charge on any atom is 0.191 e. The molecule has 50 heavy (non-hydrogen) atoms. The molecule has 4 aromatic carbocycles. The Hall–Kier alpha value is -6.80. The van der Waals surface area contributed by atoms with Gasteiger partial charge >= 0.3 is 0 Å². The second kappa shape index (κ2) is 15.0. The van der Waals surface area contributed by atoms with Crippen molar-refractivity contribution in [3.63, 3.8) is 0 Å². The maximum absolute atomic E-state index is 13.3. The number of aromatic amines is 2. The standard InChI is InChI=1S/2C21H17N3O/c2*25-21(18-14-23-19-11-5-4-10-17(18)19)20(15-7-2-1-3-8-15)24-16-9-6-12-22-13-16/h2*1-14,20,23-24H. The number of Topliss-reactive ketones (excluding diaryl/α,β-unsaturated/α-hetero) is 2. The highest BCUT2D eigenvalue weighted by Crippen LogP contribution is 2.29. The number of H-pyrrole nitrogens is 2. The zero-order valence-corrected chi connectivity index (χ0v) is 27.0. The van der Waals surface area contributed by atoms with Crippen LogP contribution in [0.4, 0.5) is 11.4 Å². The van der Waals surface area contributed by atoms with E-state index in [2.05, 4.69) is 30.6 Å². The molecule has 0 bridgehead atoms. The predicted molar refractivity (Wildman–Crippen MR) is 199 cm³/mol. The van der Waals surface area contributed by atoms with Gasteiger partial charge in [-0.3, -0.25) is 19.6 Å².